The van der Waals surface area contributed by atoms with Gasteiger partial charge in [0.25, 0.3) is 0 Å². The van der Waals surface area contributed by atoms with Crippen LogP contribution in [0.15, 0.2) is 45.7 Å². The molecule has 1 unspecified atom stereocenters. The Kier molecular flexibility index (Phi) is 4.79. The van der Waals surface area contributed by atoms with Crippen molar-refractivity contribution in [2.24, 2.45) is 0 Å². The van der Waals surface area contributed by atoms with E-state index in [-0.39, 0.29) is 18.7 Å². The van der Waals surface area contributed by atoms with Crippen molar-refractivity contribution in [3.63, 3.8) is 0 Å². The fraction of sp³-hybridized carbons (Fsp3) is 0.263. The minimum Gasteiger partial charge on any atom is -0.493 e. The molecule has 2 N–H and O–H groups in total. The number of aromatic nitrogens is 2. The number of fused-ring (bicyclic) bond motifs is 1. The Morgan fingerprint density at radius 3 is 2.96 bits per heavy atom. The molecule has 9 nitrogen and oxygen atoms in total. The van der Waals surface area contributed by atoms with Crippen LogP contribution in [0, 0.1) is 0 Å². The number of aryl methyl sites for hydroxylation is 1. The van der Waals surface area contributed by atoms with Crippen LogP contribution in [0.25, 0.3) is 11.4 Å². The number of nitrogens with one attached hydrogen (secondary N) is 1. The molecular formula is C19H17N3O6. The van der Waals surface area contributed by atoms with Gasteiger partial charge in [0.1, 0.15) is 12.0 Å². The smallest absolute Gasteiger partial charge is 0.330 e. The van der Waals surface area contributed by atoms with E-state index in [4.69, 9.17) is 13.7 Å². The molecule has 1 amide bonds. The summed E-state index contributed by atoms with van der Waals surface area (Å²) in [6.07, 6.45) is 3.92. The first kappa shape index (κ1) is 17.8. The summed E-state index contributed by atoms with van der Waals surface area (Å²) in [6, 6.07) is 5.70. The third-order valence-corrected chi connectivity index (χ3v) is 4.41. The third-order valence-electron chi connectivity index (χ3n) is 4.41. The van der Waals surface area contributed by atoms with Gasteiger partial charge in [0.2, 0.25) is 17.6 Å². The Bertz CT molecular complexity index is 995. The molecule has 1 aliphatic heterocycles. The number of carbonyl (C=O) groups is 2. The van der Waals surface area contributed by atoms with Crippen LogP contribution in [0.4, 0.5) is 0 Å². The summed E-state index contributed by atoms with van der Waals surface area (Å²) in [6.45, 7) is 0.577. The maximum Gasteiger partial charge on any atom is 0.330 e. The predicted octanol–water partition coefficient (Wildman–Crippen LogP) is 2.14. The van der Waals surface area contributed by atoms with Crippen molar-refractivity contribution in [1.29, 1.82) is 0 Å². The topological polar surface area (TPSA) is 128 Å². The lowest BCUT2D eigenvalue weighted by Crippen LogP contribution is -2.33. The molecule has 144 valence electrons. The first-order valence-electron chi connectivity index (χ1n) is 8.73. The summed E-state index contributed by atoms with van der Waals surface area (Å²) in [4.78, 5) is 28.1. The van der Waals surface area contributed by atoms with E-state index >= 15 is 0 Å². The van der Waals surface area contributed by atoms with Gasteiger partial charge in [-0.15, -0.1) is 0 Å². The van der Waals surface area contributed by atoms with Gasteiger partial charge in [0.05, 0.1) is 18.4 Å². The molecule has 4 rings (SSSR count). The maximum atomic E-state index is 12.3. The number of hydrogen-bond acceptors (Lipinski definition) is 7. The lowest BCUT2D eigenvalue weighted by Gasteiger charge is -2.15. The van der Waals surface area contributed by atoms with Gasteiger partial charge in [-0.05, 0) is 29.3 Å². The fourth-order valence-electron chi connectivity index (χ4n) is 2.99. The highest BCUT2D eigenvalue weighted by atomic mass is 16.5. The minimum atomic E-state index is -1.14. The summed E-state index contributed by atoms with van der Waals surface area (Å²) in [7, 11) is 0. The number of carboxylic acids is 1. The molecule has 1 aliphatic rings. The quantitative estimate of drug-likeness (QED) is 0.635. The van der Waals surface area contributed by atoms with Crippen molar-refractivity contribution in [2.45, 2.75) is 25.3 Å². The van der Waals surface area contributed by atoms with E-state index in [1.54, 1.807) is 24.3 Å². The monoisotopic (exact) mass is 383 g/mol. The van der Waals surface area contributed by atoms with Crippen LogP contribution in [0.3, 0.4) is 0 Å². The van der Waals surface area contributed by atoms with Crippen molar-refractivity contribution >= 4 is 11.9 Å². The molecule has 0 saturated heterocycles. The van der Waals surface area contributed by atoms with Gasteiger partial charge >= 0.3 is 5.97 Å². The van der Waals surface area contributed by atoms with E-state index in [9.17, 15) is 14.7 Å². The molecule has 0 radical (unpaired) electrons. The Morgan fingerprint density at radius 1 is 1.29 bits per heavy atom. The molecule has 0 aliphatic carbocycles. The minimum absolute atomic E-state index is 0.0187. The van der Waals surface area contributed by atoms with Crippen LogP contribution in [-0.2, 0) is 22.4 Å². The van der Waals surface area contributed by atoms with E-state index in [0.717, 1.165) is 17.7 Å². The number of amides is 1. The Labute approximate surface area is 159 Å². The second kappa shape index (κ2) is 7.55. The number of nitrogens with zero attached hydrogens (tertiary/aromatic N) is 2. The summed E-state index contributed by atoms with van der Waals surface area (Å²) >= 11 is 0. The van der Waals surface area contributed by atoms with Crippen molar-refractivity contribution in [1.82, 2.24) is 15.5 Å². The normalized spacial score (nSPS) is 13.6. The number of benzene rings is 1. The number of rotatable bonds is 7. The first-order chi connectivity index (χ1) is 13.6. The van der Waals surface area contributed by atoms with E-state index in [2.05, 4.69) is 15.5 Å². The summed E-state index contributed by atoms with van der Waals surface area (Å²) < 4.78 is 15.5. The molecule has 0 fully saturated rings. The van der Waals surface area contributed by atoms with E-state index in [1.165, 1.54) is 12.5 Å². The summed E-state index contributed by atoms with van der Waals surface area (Å²) in [5.74, 6) is -0.149. The second-order valence-corrected chi connectivity index (χ2v) is 6.33. The average Bonchev–Trinajstić information content (AvgIpc) is 3.44. The average molecular weight is 383 g/mol. The molecule has 9 heteroatoms. The summed E-state index contributed by atoms with van der Waals surface area (Å²) in [5.41, 5.74) is 2.12. The number of carbonyl (C=O) groups excluding carboxylic acids is 1. The van der Waals surface area contributed by atoms with Crippen molar-refractivity contribution in [2.75, 3.05) is 6.61 Å². The number of furan rings is 1. The van der Waals surface area contributed by atoms with Gasteiger partial charge in [-0.2, -0.15) is 4.98 Å². The number of carboxylic acid groups (broad SMARTS) is 1. The van der Waals surface area contributed by atoms with Gasteiger partial charge < -0.3 is 24.1 Å². The van der Waals surface area contributed by atoms with Crippen molar-refractivity contribution < 1.29 is 28.4 Å². The fourth-order valence-corrected chi connectivity index (χ4v) is 2.99. The van der Waals surface area contributed by atoms with Crippen LogP contribution in [0.5, 0.6) is 5.75 Å². The molecule has 1 atom stereocenters. The van der Waals surface area contributed by atoms with Gasteiger partial charge in [0.15, 0.2) is 6.04 Å². The van der Waals surface area contributed by atoms with Crippen LogP contribution in [-0.4, -0.2) is 33.7 Å². The maximum absolute atomic E-state index is 12.3. The first-order valence-corrected chi connectivity index (χ1v) is 8.73. The van der Waals surface area contributed by atoms with Crippen molar-refractivity contribution in [3.8, 4) is 17.1 Å². The largest absolute Gasteiger partial charge is 0.493 e. The molecule has 28 heavy (non-hydrogen) atoms. The summed E-state index contributed by atoms with van der Waals surface area (Å²) in [5, 5.41) is 15.9. The SMILES string of the molecule is O=C(CCc1nc(-c2ccoc2)no1)NC(C(=O)O)c1ccc2c(c1)CCO2. The van der Waals surface area contributed by atoms with Gasteiger partial charge in [-0.25, -0.2) is 4.79 Å². The van der Waals surface area contributed by atoms with E-state index in [0.29, 0.717) is 23.6 Å². The lowest BCUT2D eigenvalue weighted by molar-refractivity contribution is -0.142. The van der Waals surface area contributed by atoms with Crippen LogP contribution < -0.4 is 10.1 Å². The molecule has 3 aromatic rings. The number of ether oxygens (including phenoxy) is 1. The molecule has 0 bridgehead atoms. The van der Waals surface area contributed by atoms with E-state index < -0.39 is 17.9 Å². The standard InChI is InChI=1S/C19H17N3O6/c23-15(3-4-16-21-18(22-28-16)13-5-7-26-10-13)20-17(19(24)25)12-1-2-14-11(9-12)6-8-27-14/h1-2,5,7,9-10,17H,3-4,6,8H2,(H,20,23)(H,24,25). The highest BCUT2D eigenvalue weighted by molar-refractivity contribution is 5.84. The zero-order valence-electron chi connectivity index (χ0n) is 14.8. The van der Waals surface area contributed by atoms with Gasteiger partial charge in [-0.1, -0.05) is 11.2 Å². The lowest BCUT2D eigenvalue weighted by atomic mass is 10.0. The Hall–Kier alpha value is -3.62. The van der Waals surface area contributed by atoms with Crippen LogP contribution in [0.2, 0.25) is 0 Å². The molecule has 0 saturated carbocycles. The molecule has 0 spiro atoms. The molecular weight excluding hydrogens is 366 g/mol. The van der Waals surface area contributed by atoms with Crippen molar-refractivity contribution in [3.05, 3.63) is 53.8 Å². The number of hydrogen-bond donors (Lipinski definition) is 2. The Balaban J connectivity index is 1.38. The van der Waals surface area contributed by atoms with E-state index in [1.807, 2.05) is 0 Å². The zero-order valence-corrected chi connectivity index (χ0v) is 14.8. The molecule has 2 aromatic heterocycles. The van der Waals surface area contributed by atoms with Crippen LogP contribution in [0.1, 0.15) is 29.5 Å². The predicted molar refractivity (Wildman–Crippen MR) is 94.5 cm³/mol. The highest BCUT2D eigenvalue weighted by Gasteiger charge is 2.24. The third kappa shape index (κ3) is 3.73. The molecule has 1 aromatic carbocycles. The Morgan fingerprint density at radius 2 is 2.18 bits per heavy atom. The zero-order chi connectivity index (χ0) is 19.5. The van der Waals surface area contributed by atoms with Gasteiger partial charge in [-0.3, -0.25) is 4.79 Å². The number of aliphatic carboxylic acids is 1. The highest BCUT2D eigenvalue weighted by Crippen LogP contribution is 2.28. The van der Waals surface area contributed by atoms with Crippen LogP contribution >= 0.6 is 0 Å². The molecule has 3 heterocycles. The van der Waals surface area contributed by atoms with Gasteiger partial charge in [0, 0.05) is 19.3 Å². The second-order valence-electron chi connectivity index (χ2n) is 6.33.